The van der Waals surface area contributed by atoms with Crippen molar-refractivity contribution in [2.75, 3.05) is 0 Å². The van der Waals surface area contributed by atoms with Crippen LogP contribution in [0.15, 0.2) is 218 Å². The summed E-state index contributed by atoms with van der Waals surface area (Å²) in [6.07, 6.45) is 0. The largest absolute Gasteiger partial charge is 0.248 e. The van der Waals surface area contributed by atoms with Crippen LogP contribution < -0.4 is 0 Å². The summed E-state index contributed by atoms with van der Waals surface area (Å²) in [5.74, 6) is -0.849. The molecule has 0 spiro atoms. The van der Waals surface area contributed by atoms with E-state index in [1.807, 2.05) is 199 Å². The zero-order valence-corrected chi connectivity index (χ0v) is 58.4. The van der Waals surface area contributed by atoms with Crippen LogP contribution in [-0.4, -0.2) is 24.9 Å². The van der Waals surface area contributed by atoms with E-state index in [0.717, 1.165) is 105 Å². The smallest absolute Gasteiger partial charge is 0.134 e. The monoisotopic (exact) mass is 1310 g/mol. The minimum absolute atomic E-state index is 0.136. The molecule has 0 radical (unpaired) electrons. The third kappa shape index (κ3) is 16.0. The van der Waals surface area contributed by atoms with E-state index in [9.17, 15) is 22.0 Å². The lowest BCUT2D eigenvalue weighted by molar-refractivity contribution is 0.611. The van der Waals surface area contributed by atoms with E-state index >= 15 is 0 Å². The predicted molar refractivity (Wildman–Crippen MR) is 402 cm³/mol. The first-order valence-corrected chi connectivity index (χ1v) is 33.0. The molecule has 0 amide bonds. The molecule has 10 aromatic carbocycles. The van der Waals surface area contributed by atoms with Crippen molar-refractivity contribution in [2.45, 2.75) is 96.9 Å². The molecule has 5 aromatic heterocycles. The number of rotatable bonds is 5. The second kappa shape index (κ2) is 29.7. The Kier molecular flexibility index (Phi) is 20.8. The molecule has 0 aliphatic rings. The molecule has 0 atom stereocenters. The van der Waals surface area contributed by atoms with Crippen LogP contribution in [0.25, 0.3) is 111 Å². The molecular weight excluding hydrogens is 1230 g/mol. The highest BCUT2D eigenvalue weighted by molar-refractivity contribution is 5.89. The number of fused-ring (bicyclic) bond motifs is 5. The third-order valence-electron chi connectivity index (χ3n) is 17.6. The normalized spacial score (nSPS) is 11.0. The van der Waals surface area contributed by atoms with Crippen LogP contribution in [0.1, 0.15) is 77.9 Å². The molecule has 15 rings (SSSR count). The van der Waals surface area contributed by atoms with Crippen LogP contribution in [-0.2, 0) is 0 Å². The van der Waals surface area contributed by atoms with Gasteiger partial charge in [0.05, 0.1) is 56.1 Å². The molecule has 5 nitrogen and oxygen atoms in total. The molecule has 5 heterocycles. The van der Waals surface area contributed by atoms with Gasteiger partial charge in [-0.05, 0) is 239 Å². The average Bonchev–Trinajstić information content (AvgIpc) is 0.816. The molecule has 15 aromatic rings. The van der Waals surface area contributed by atoms with E-state index in [-0.39, 0.29) is 29.1 Å². The summed E-state index contributed by atoms with van der Waals surface area (Å²) in [6.45, 7) is 27.1. The van der Waals surface area contributed by atoms with Gasteiger partial charge in [-0.25, -0.2) is 46.9 Å². The molecule has 0 aliphatic heterocycles. The van der Waals surface area contributed by atoms with Gasteiger partial charge in [0.1, 0.15) is 29.1 Å². The summed E-state index contributed by atoms with van der Waals surface area (Å²) in [5, 5.41) is 3.78. The number of hydrogen-bond donors (Lipinski definition) is 0. The van der Waals surface area contributed by atoms with Crippen molar-refractivity contribution in [1.29, 1.82) is 0 Å². The van der Waals surface area contributed by atoms with E-state index < -0.39 is 0 Å². The zero-order chi connectivity index (χ0) is 70.5. The minimum Gasteiger partial charge on any atom is -0.248 e. The molecule has 0 bridgehead atoms. The van der Waals surface area contributed by atoms with Crippen molar-refractivity contribution in [1.82, 2.24) is 24.9 Å². The minimum atomic E-state index is -0.221. The van der Waals surface area contributed by atoms with Gasteiger partial charge in [-0.1, -0.05) is 143 Å². The van der Waals surface area contributed by atoms with E-state index in [2.05, 4.69) is 77.1 Å². The van der Waals surface area contributed by atoms with Crippen LogP contribution in [0.5, 0.6) is 0 Å². The first-order chi connectivity index (χ1) is 47.3. The van der Waals surface area contributed by atoms with Crippen molar-refractivity contribution in [2.24, 2.45) is 0 Å². The third-order valence-corrected chi connectivity index (χ3v) is 17.6. The van der Waals surface area contributed by atoms with Crippen molar-refractivity contribution < 1.29 is 22.0 Å². The van der Waals surface area contributed by atoms with Gasteiger partial charge in [-0.15, -0.1) is 0 Å². The van der Waals surface area contributed by atoms with Crippen LogP contribution in [0.4, 0.5) is 22.0 Å². The molecule has 10 heteroatoms. The van der Waals surface area contributed by atoms with E-state index in [0.29, 0.717) is 66.6 Å². The Morgan fingerprint density at radius 3 is 0.869 bits per heavy atom. The summed E-state index contributed by atoms with van der Waals surface area (Å²) in [6, 6.07) is 70.2. The summed E-state index contributed by atoms with van der Waals surface area (Å²) in [4.78, 5) is 23.2. The van der Waals surface area contributed by atoms with Crippen LogP contribution in [0, 0.1) is 126 Å². The van der Waals surface area contributed by atoms with Crippen molar-refractivity contribution >= 4 is 54.5 Å². The number of hydrogen-bond acceptors (Lipinski definition) is 5. The van der Waals surface area contributed by atoms with Crippen molar-refractivity contribution in [3.05, 3.63) is 325 Å². The quantitative estimate of drug-likeness (QED) is 0.161. The lowest BCUT2D eigenvalue weighted by atomic mass is 10.0. The van der Waals surface area contributed by atoms with Gasteiger partial charge in [0.15, 0.2) is 0 Å². The van der Waals surface area contributed by atoms with Gasteiger partial charge in [0.25, 0.3) is 0 Å². The number of aromatic nitrogens is 5. The van der Waals surface area contributed by atoms with Crippen LogP contribution >= 0.6 is 0 Å². The van der Waals surface area contributed by atoms with Gasteiger partial charge in [0, 0.05) is 66.9 Å². The Bertz CT molecular complexity index is 5530. The highest BCUT2D eigenvalue weighted by Gasteiger charge is 2.15. The fourth-order valence-electron chi connectivity index (χ4n) is 12.6. The molecule has 0 N–H and O–H groups in total. The second-order valence-corrected chi connectivity index (χ2v) is 26.1. The number of benzene rings is 10. The Balaban J connectivity index is 0.000000125. The Labute approximate surface area is 576 Å². The molecule has 0 aliphatic carbocycles. The van der Waals surface area contributed by atoms with Gasteiger partial charge < -0.3 is 0 Å². The topological polar surface area (TPSA) is 64.5 Å². The van der Waals surface area contributed by atoms with E-state index in [1.54, 1.807) is 46.8 Å². The molecular formula is C89H78F5N5. The summed E-state index contributed by atoms with van der Waals surface area (Å²) < 4.78 is 70.1. The molecule has 0 unspecified atom stereocenters. The maximum absolute atomic E-state index is 14.2. The van der Waals surface area contributed by atoms with Crippen LogP contribution in [0.3, 0.4) is 0 Å². The van der Waals surface area contributed by atoms with Crippen LogP contribution in [0.2, 0.25) is 0 Å². The van der Waals surface area contributed by atoms with E-state index in [4.69, 9.17) is 4.98 Å². The molecule has 0 saturated carbocycles. The van der Waals surface area contributed by atoms with Crippen molar-refractivity contribution in [3.8, 4) is 56.3 Å². The fourth-order valence-corrected chi connectivity index (χ4v) is 12.6. The Hall–Kier alpha value is -11.1. The molecule has 0 saturated heterocycles. The lowest BCUT2D eigenvalue weighted by Gasteiger charge is -2.09. The van der Waals surface area contributed by atoms with Crippen molar-refractivity contribution in [3.63, 3.8) is 0 Å². The second-order valence-electron chi connectivity index (χ2n) is 26.1. The predicted octanol–water partition coefficient (Wildman–Crippen LogP) is 24.5. The molecule has 494 valence electrons. The number of aryl methyl sites for hydroxylation is 14. The first kappa shape index (κ1) is 69.3. The van der Waals surface area contributed by atoms with Gasteiger partial charge in [0.2, 0.25) is 0 Å². The van der Waals surface area contributed by atoms with Gasteiger partial charge >= 0.3 is 0 Å². The maximum Gasteiger partial charge on any atom is 0.134 e. The highest BCUT2D eigenvalue weighted by Crippen LogP contribution is 2.33. The lowest BCUT2D eigenvalue weighted by Crippen LogP contribution is -1.93. The SMILES string of the molecule is Cc1cc(C)cc(-c2cc(F)c3ccc(C)cc3n2)c1.Cc1cc(C)cc(-c2ccc3c(C)c(F)c(C)cc3n2)c1.Cc1cc2nc(-c3ccccc3)ccc2c(C)c1F.Cc1cccc(-c2cc(F)c3ccc(C)cc3n2)c1.Cc1cccc(-c2ccc3c(C)c(F)c(C)cc3n2)c1. The Morgan fingerprint density at radius 2 is 0.485 bits per heavy atom. The number of halogens is 5. The highest BCUT2D eigenvalue weighted by atomic mass is 19.1. The maximum atomic E-state index is 14.2. The first-order valence-electron chi connectivity index (χ1n) is 33.0. The zero-order valence-electron chi connectivity index (χ0n) is 58.4. The fraction of sp³-hybridized carbons (Fsp3) is 0.157. The van der Waals surface area contributed by atoms with E-state index in [1.165, 1.54) is 28.8 Å². The summed E-state index contributed by atoms with van der Waals surface area (Å²) in [5.41, 5.74) is 26.5. The standard InChI is InChI=1S/C19H18FN.2C18H16FN.2C17H14FN/c1-11-7-12(2)9-15(8-11)17-6-5-16-14(4)19(20)13(3)10-18(16)21-17;1-11-4-5-15-16(19)10-17(20-18(15)9-11)14-7-12(2)6-13(3)8-14;1-11-5-4-6-14(9-11)16-8-7-15-13(3)18(19)12(2)10-17(15)20-16;1-11-4-3-5-13(8-11)16-10-15(18)14-7-6-12(2)9-17(14)19-16;1-11-10-16-14(12(2)17(11)18)8-9-15(19-16)13-6-4-3-5-7-13/h5-10H,1-4H3;2*4-10H,1-3H3;2*3-10H,1-2H3. The van der Waals surface area contributed by atoms with Gasteiger partial charge in [-0.3, -0.25) is 0 Å². The summed E-state index contributed by atoms with van der Waals surface area (Å²) in [7, 11) is 0. The number of pyridine rings is 5. The molecule has 99 heavy (non-hydrogen) atoms. The Morgan fingerprint density at radius 1 is 0.202 bits per heavy atom. The number of nitrogens with zero attached hydrogens (tertiary/aromatic N) is 5. The average molecular weight is 1310 g/mol. The van der Waals surface area contributed by atoms with Gasteiger partial charge in [-0.2, -0.15) is 0 Å². The summed E-state index contributed by atoms with van der Waals surface area (Å²) >= 11 is 0. The molecule has 0 fully saturated rings.